The Bertz CT molecular complexity index is 2660. The van der Waals surface area contributed by atoms with Gasteiger partial charge in [0.2, 0.25) is 0 Å². The Morgan fingerprint density at radius 3 is 1.92 bits per heavy atom. The summed E-state index contributed by atoms with van der Waals surface area (Å²) in [5.41, 5.74) is 17.5. The molecule has 0 unspecified atom stereocenters. The first-order chi connectivity index (χ1) is 23.8. The van der Waals surface area contributed by atoms with E-state index in [9.17, 15) is 0 Å². The largest absolute Gasteiger partial charge is 0.228 e. The summed E-state index contributed by atoms with van der Waals surface area (Å²) in [7, 11) is 0. The van der Waals surface area contributed by atoms with E-state index in [1.165, 1.54) is 66.4 Å². The van der Waals surface area contributed by atoms with Gasteiger partial charge in [-0.1, -0.05) is 146 Å². The zero-order valence-corrected chi connectivity index (χ0v) is 26.1. The minimum atomic E-state index is -0.326. The Labute approximate surface area is 278 Å². The van der Waals surface area contributed by atoms with Gasteiger partial charge in [0, 0.05) is 16.5 Å². The van der Waals surface area contributed by atoms with Crippen molar-refractivity contribution >= 4 is 27.2 Å². The summed E-state index contributed by atoms with van der Waals surface area (Å²) in [6, 6.07) is 57.5. The highest BCUT2D eigenvalue weighted by molar-refractivity contribution is 6.05. The maximum absolute atomic E-state index is 5.38. The highest BCUT2D eigenvalue weighted by Gasteiger charge is 2.54. The summed E-state index contributed by atoms with van der Waals surface area (Å²) in [4.78, 5) is 10.6. The van der Waals surface area contributed by atoms with Gasteiger partial charge in [0.1, 0.15) is 0 Å². The van der Waals surface area contributed by atoms with E-state index in [0.29, 0.717) is 0 Å². The van der Waals surface area contributed by atoms with Crippen molar-refractivity contribution in [3.8, 4) is 33.8 Å². The second-order valence-electron chi connectivity index (χ2n) is 13.2. The van der Waals surface area contributed by atoms with Crippen molar-refractivity contribution in [2.24, 2.45) is 0 Å². The molecule has 3 aliphatic carbocycles. The minimum absolute atomic E-state index is 0.326. The number of benzene rings is 7. The molecule has 0 saturated heterocycles. The summed E-state index contributed by atoms with van der Waals surface area (Å²) in [6.45, 7) is 0. The third-order valence-corrected chi connectivity index (χ3v) is 11.0. The van der Waals surface area contributed by atoms with Crippen LogP contribution in [0.1, 0.15) is 33.4 Å². The quantitative estimate of drug-likeness (QED) is 0.195. The molecule has 0 radical (unpaired) electrons. The number of rotatable bonds is 2. The summed E-state index contributed by atoms with van der Waals surface area (Å²) in [6.07, 6.45) is 0.940. The summed E-state index contributed by atoms with van der Waals surface area (Å²) in [5.74, 6) is 0.751. The average molecular weight is 609 g/mol. The predicted molar refractivity (Wildman–Crippen MR) is 196 cm³/mol. The topological polar surface area (TPSA) is 25.8 Å². The molecule has 0 atom stereocenters. The molecule has 2 heteroatoms. The first-order valence-electron chi connectivity index (χ1n) is 16.7. The first kappa shape index (κ1) is 26.0. The van der Waals surface area contributed by atoms with Crippen LogP contribution < -0.4 is 0 Å². The average Bonchev–Trinajstić information content (AvgIpc) is 3.78. The van der Waals surface area contributed by atoms with E-state index in [4.69, 9.17) is 9.97 Å². The predicted octanol–water partition coefficient (Wildman–Crippen LogP) is 10.8. The Balaban J connectivity index is 1.19. The van der Waals surface area contributed by atoms with Crippen molar-refractivity contribution in [1.29, 1.82) is 0 Å². The molecule has 1 aromatic heterocycles. The third-order valence-electron chi connectivity index (χ3n) is 11.0. The molecule has 222 valence electrons. The molecular formula is C46H28N2. The highest BCUT2D eigenvalue weighted by atomic mass is 14.9. The Morgan fingerprint density at radius 1 is 0.458 bits per heavy atom. The van der Waals surface area contributed by atoms with Gasteiger partial charge in [-0.2, -0.15) is 0 Å². The molecular weight excluding hydrogens is 581 g/mol. The molecule has 0 saturated carbocycles. The lowest BCUT2D eigenvalue weighted by Gasteiger charge is -2.32. The number of hydrogen-bond donors (Lipinski definition) is 0. The van der Waals surface area contributed by atoms with Crippen molar-refractivity contribution in [3.05, 3.63) is 197 Å². The van der Waals surface area contributed by atoms with E-state index < -0.39 is 0 Å². The third kappa shape index (κ3) is 3.27. The zero-order chi connectivity index (χ0) is 31.4. The number of hydrogen-bond acceptors (Lipinski definition) is 2. The van der Waals surface area contributed by atoms with Gasteiger partial charge in [-0.05, 0) is 85.0 Å². The fourth-order valence-electron chi connectivity index (χ4n) is 9.06. The second kappa shape index (κ2) is 9.47. The lowest BCUT2D eigenvalue weighted by molar-refractivity contribution is 0.745. The standard InChI is InChI=1S/C46H28N2/c1-3-15-31-28(12-1)14-11-20-35(31)44-36-19-7-10-23-42(36)47-45(48-44)30-24-25-40-37(26-30)43-32-16-4-2-13-29(32)27-41(43)46(40)38-21-8-5-17-33(38)34-18-6-9-22-39(34)46/h1-26H,27H2. The molecule has 7 aromatic carbocycles. The van der Waals surface area contributed by atoms with Crippen LogP contribution in [0.5, 0.6) is 0 Å². The van der Waals surface area contributed by atoms with Gasteiger partial charge in [0.05, 0.1) is 16.6 Å². The van der Waals surface area contributed by atoms with E-state index in [1.807, 2.05) is 0 Å². The van der Waals surface area contributed by atoms with Gasteiger partial charge in [0.15, 0.2) is 5.82 Å². The molecule has 11 rings (SSSR count). The number of nitrogens with zero attached hydrogens (tertiary/aromatic N) is 2. The van der Waals surface area contributed by atoms with Gasteiger partial charge < -0.3 is 0 Å². The van der Waals surface area contributed by atoms with Crippen LogP contribution in [-0.4, -0.2) is 9.97 Å². The molecule has 0 N–H and O–H groups in total. The molecule has 3 aliphatic rings. The van der Waals surface area contributed by atoms with E-state index in [2.05, 4.69) is 158 Å². The van der Waals surface area contributed by atoms with Gasteiger partial charge in [-0.25, -0.2) is 9.97 Å². The lowest BCUT2D eigenvalue weighted by Crippen LogP contribution is -2.28. The van der Waals surface area contributed by atoms with Crippen LogP contribution in [0.15, 0.2) is 163 Å². The lowest BCUT2D eigenvalue weighted by atomic mass is 9.69. The number of aromatic nitrogens is 2. The molecule has 0 amide bonds. The van der Waals surface area contributed by atoms with Gasteiger partial charge >= 0.3 is 0 Å². The number of allylic oxidation sites excluding steroid dienone is 1. The fraction of sp³-hybridized carbons (Fsp3) is 0.0435. The summed E-state index contributed by atoms with van der Waals surface area (Å²) >= 11 is 0. The smallest absolute Gasteiger partial charge is 0.160 e. The molecule has 8 aromatic rings. The van der Waals surface area contributed by atoms with Gasteiger partial charge in [0.25, 0.3) is 0 Å². The zero-order valence-electron chi connectivity index (χ0n) is 26.1. The maximum atomic E-state index is 5.38. The highest BCUT2D eigenvalue weighted by Crippen LogP contribution is 2.65. The van der Waals surface area contributed by atoms with Crippen molar-refractivity contribution in [1.82, 2.24) is 9.97 Å². The van der Waals surface area contributed by atoms with Crippen molar-refractivity contribution in [3.63, 3.8) is 0 Å². The summed E-state index contributed by atoms with van der Waals surface area (Å²) < 4.78 is 0. The Morgan fingerprint density at radius 2 is 1.08 bits per heavy atom. The Hall–Kier alpha value is -6.12. The minimum Gasteiger partial charge on any atom is -0.228 e. The Kier molecular flexibility index (Phi) is 5.13. The van der Waals surface area contributed by atoms with Crippen LogP contribution in [0, 0.1) is 0 Å². The SMILES string of the molecule is c1ccc2c(c1)CC1=C2c2cc(-c3nc(-c4cccc5ccccc45)c4ccccc4n3)ccc2C12c1ccccc1-c1ccccc12. The first-order valence-corrected chi connectivity index (χ1v) is 16.7. The van der Waals surface area contributed by atoms with Crippen molar-refractivity contribution in [2.45, 2.75) is 11.8 Å². The van der Waals surface area contributed by atoms with Crippen LogP contribution in [0.3, 0.4) is 0 Å². The molecule has 48 heavy (non-hydrogen) atoms. The molecule has 1 spiro atoms. The van der Waals surface area contributed by atoms with Crippen LogP contribution in [0.4, 0.5) is 0 Å². The summed E-state index contributed by atoms with van der Waals surface area (Å²) in [5, 5.41) is 3.46. The molecule has 1 heterocycles. The second-order valence-corrected chi connectivity index (χ2v) is 13.2. The van der Waals surface area contributed by atoms with Crippen molar-refractivity contribution in [2.75, 3.05) is 0 Å². The van der Waals surface area contributed by atoms with E-state index in [-0.39, 0.29) is 5.41 Å². The van der Waals surface area contributed by atoms with Gasteiger partial charge in [-0.15, -0.1) is 0 Å². The molecule has 0 bridgehead atoms. The number of fused-ring (bicyclic) bond motifs is 13. The van der Waals surface area contributed by atoms with Crippen LogP contribution >= 0.6 is 0 Å². The monoisotopic (exact) mass is 608 g/mol. The van der Waals surface area contributed by atoms with Gasteiger partial charge in [-0.3, -0.25) is 0 Å². The molecule has 0 fully saturated rings. The van der Waals surface area contributed by atoms with Crippen molar-refractivity contribution < 1.29 is 0 Å². The van der Waals surface area contributed by atoms with E-state index in [1.54, 1.807) is 0 Å². The number of para-hydroxylation sites is 1. The fourth-order valence-corrected chi connectivity index (χ4v) is 9.06. The van der Waals surface area contributed by atoms with E-state index in [0.717, 1.165) is 40.0 Å². The van der Waals surface area contributed by atoms with E-state index >= 15 is 0 Å². The van der Waals surface area contributed by atoms with Crippen LogP contribution in [-0.2, 0) is 11.8 Å². The normalized spacial score (nSPS) is 14.7. The molecule has 2 nitrogen and oxygen atoms in total. The molecule has 0 aliphatic heterocycles. The maximum Gasteiger partial charge on any atom is 0.160 e. The van der Waals surface area contributed by atoms with Crippen LogP contribution in [0.25, 0.3) is 61.0 Å². The van der Waals surface area contributed by atoms with Crippen LogP contribution in [0.2, 0.25) is 0 Å².